The molecule has 3 N–H and O–H groups in total. The average Bonchev–Trinajstić information content (AvgIpc) is 2.01. The van der Waals surface area contributed by atoms with Crippen molar-refractivity contribution in [2.45, 2.75) is 33.2 Å². The van der Waals surface area contributed by atoms with Crippen LogP contribution in [0.1, 0.15) is 27.2 Å². The van der Waals surface area contributed by atoms with Gasteiger partial charge in [0, 0.05) is 18.4 Å². The van der Waals surface area contributed by atoms with Crippen molar-refractivity contribution in [3.8, 4) is 0 Å². The Balaban J connectivity index is 4.31. The Bertz CT molecular complexity index is 219. The van der Waals surface area contributed by atoms with E-state index in [1.54, 1.807) is 20.8 Å². The summed E-state index contributed by atoms with van der Waals surface area (Å²) in [6, 6.07) is -1.01. The molecule has 0 aromatic carbocycles. The zero-order valence-electron chi connectivity index (χ0n) is 8.70. The quantitative estimate of drug-likeness (QED) is 0.599. The lowest BCUT2D eigenvalue weighted by Crippen LogP contribution is -2.46. The molecule has 82 valence electrons. The van der Waals surface area contributed by atoms with Crippen LogP contribution in [0.5, 0.6) is 0 Å². The van der Waals surface area contributed by atoms with Crippen molar-refractivity contribution >= 4 is 11.9 Å². The minimum Gasteiger partial charge on any atom is -0.480 e. The Hall–Kier alpha value is -1.10. The van der Waals surface area contributed by atoms with E-state index in [0.29, 0.717) is 0 Å². The number of aliphatic carboxylic acids is 1. The first-order valence-corrected chi connectivity index (χ1v) is 4.43. The summed E-state index contributed by atoms with van der Waals surface area (Å²) in [7, 11) is 0. The molecule has 0 rings (SSSR count). The average molecular weight is 203 g/mol. The van der Waals surface area contributed by atoms with Crippen molar-refractivity contribution in [1.29, 1.82) is 0 Å². The van der Waals surface area contributed by atoms with Crippen molar-refractivity contribution in [1.82, 2.24) is 5.32 Å². The first-order valence-electron chi connectivity index (χ1n) is 4.43. The highest BCUT2D eigenvalue weighted by Gasteiger charge is 2.26. The molecule has 14 heavy (non-hydrogen) atoms. The van der Waals surface area contributed by atoms with Gasteiger partial charge in [-0.15, -0.1) is 0 Å². The number of aliphatic hydroxyl groups is 1. The minimum absolute atomic E-state index is 0.0250. The molecule has 0 aromatic rings. The summed E-state index contributed by atoms with van der Waals surface area (Å²) in [6.07, 6.45) is 0.0250. The molecule has 5 heteroatoms. The lowest BCUT2D eigenvalue weighted by atomic mass is 9.95. The molecule has 0 aromatic heterocycles. The van der Waals surface area contributed by atoms with Crippen LogP contribution in [0.25, 0.3) is 0 Å². The molecule has 0 radical (unpaired) electrons. The van der Waals surface area contributed by atoms with Crippen LogP contribution in [-0.2, 0) is 9.59 Å². The molecule has 0 aliphatic rings. The zero-order valence-corrected chi connectivity index (χ0v) is 8.70. The molecule has 0 heterocycles. The normalized spacial score (nSPS) is 13.4. The second-order valence-corrected chi connectivity index (χ2v) is 4.13. The van der Waals surface area contributed by atoms with Gasteiger partial charge in [-0.05, 0) is 0 Å². The van der Waals surface area contributed by atoms with Crippen molar-refractivity contribution in [2.24, 2.45) is 5.41 Å². The second kappa shape index (κ2) is 4.95. The minimum atomic E-state index is -1.13. The SMILES string of the molecule is CC(C)(C)C(=O)NC(CCO)C(=O)O. The summed E-state index contributed by atoms with van der Waals surface area (Å²) in [6.45, 7) is 4.82. The van der Waals surface area contributed by atoms with Crippen molar-refractivity contribution < 1.29 is 19.8 Å². The Morgan fingerprint density at radius 3 is 2.14 bits per heavy atom. The van der Waals surface area contributed by atoms with E-state index in [-0.39, 0.29) is 18.9 Å². The summed E-state index contributed by atoms with van der Waals surface area (Å²) in [5, 5.41) is 19.6. The summed E-state index contributed by atoms with van der Waals surface area (Å²) in [4.78, 5) is 22.0. The molecule has 5 nitrogen and oxygen atoms in total. The number of carboxylic acids is 1. The fourth-order valence-corrected chi connectivity index (χ4v) is 0.761. The fourth-order valence-electron chi connectivity index (χ4n) is 0.761. The van der Waals surface area contributed by atoms with Gasteiger partial charge in [0.15, 0.2) is 0 Å². The van der Waals surface area contributed by atoms with Crippen LogP contribution in [0, 0.1) is 5.41 Å². The van der Waals surface area contributed by atoms with E-state index in [4.69, 9.17) is 10.2 Å². The largest absolute Gasteiger partial charge is 0.480 e. The number of carboxylic acid groups (broad SMARTS) is 1. The summed E-state index contributed by atoms with van der Waals surface area (Å²) < 4.78 is 0. The first kappa shape index (κ1) is 12.9. The van der Waals surface area contributed by atoms with E-state index in [1.807, 2.05) is 0 Å². The van der Waals surface area contributed by atoms with Crippen molar-refractivity contribution in [2.75, 3.05) is 6.61 Å². The third kappa shape index (κ3) is 4.23. The third-order valence-electron chi connectivity index (χ3n) is 1.70. The molecule has 1 amide bonds. The lowest BCUT2D eigenvalue weighted by Gasteiger charge is -2.21. The molecule has 1 unspecified atom stereocenters. The molecule has 0 spiro atoms. The van der Waals surface area contributed by atoms with Crippen LogP contribution in [0.2, 0.25) is 0 Å². The molecule has 0 fully saturated rings. The first-order chi connectivity index (χ1) is 6.29. The van der Waals surface area contributed by atoms with Gasteiger partial charge in [0.1, 0.15) is 6.04 Å². The van der Waals surface area contributed by atoms with Gasteiger partial charge in [-0.25, -0.2) is 4.79 Å². The van der Waals surface area contributed by atoms with Gasteiger partial charge in [-0.3, -0.25) is 4.79 Å². The smallest absolute Gasteiger partial charge is 0.326 e. The zero-order chi connectivity index (χ0) is 11.4. The number of amides is 1. The van der Waals surface area contributed by atoms with Gasteiger partial charge in [0.25, 0.3) is 0 Å². The highest BCUT2D eigenvalue weighted by Crippen LogP contribution is 2.13. The number of aliphatic hydroxyl groups excluding tert-OH is 1. The molecule has 1 atom stereocenters. The van der Waals surface area contributed by atoms with E-state index in [2.05, 4.69) is 5.32 Å². The summed E-state index contributed by atoms with van der Waals surface area (Å²) in [5.74, 6) is -1.46. The van der Waals surface area contributed by atoms with E-state index in [1.165, 1.54) is 0 Å². The predicted molar refractivity (Wildman–Crippen MR) is 50.7 cm³/mol. The van der Waals surface area contributed by atoms with Gasteiger partial charge in [0.2, 0.25) is 5.91 Å². The number of hydrogen-bond acceptors (Lipinski definition) is 3. The Morgan fingerprint density at radius 2 is 1.86 bits per heavy atom. The molecule has 0 saturated carbocycles. The second-order valence-electron chi connectivity index (χ2n) is 4.13. The summed E-state index contributed by atoms with van der Waals surface area (Å²) >= 11 is 0. The Kier molecular flexibility index (Phi) is 4.56. The maximum atomic E-state index is 11.4. The standard InChI is InChI=1S/C9H17NO4/c1-9(2,3)8(14)10-6(4-5-11)7(12)13/h6,11H,4-5H2,1-3H3,(H,10,14)(H,12,13). The van der Waals surface area contributed by atoms with E-state index >= 15 is 0 Å². The molecular formula is C9H17NO4. The molecule has 0 aliphatic heterocycles. The highest BCUT2D eigenvalue weighted by atomic mass is 16.4. The Labute approximate surface area is 83.1 Å². The number of carbonyl (C=O) groups excluding carboxylic acids is 1. The highest BCUT2D eigenvalue weighted by molar-refractivity contribution is 5.86. The fraction of sp³-hybridized carbons (Fsp3) is 0.778. The lowest BCUT2D eigenvalue weighted by molar-refractivity contribution is -0.143. The maximum Gasteiger partial charge on any atom is 0.326 e. The topological polar surface area (TPSA) is 86.6 Å². The van der Waals surface area contributed by atoms with Crippen LogP contribution in [0.3, 0.4) is 0 Å². The molecule has 0 aliphatic carbocycles. The van der Waals surface area contributed by atoms with Crippen LogP contribution >= 0.6 is 0 Å². The van der Waals surface area contributed by atoms with E-state index in [9.17, 15) is 9.59 Å². The van der Waals surface area contributed by atoms with Crippen LogP contribution in [0.4, 0.5) is 0 Å². The predicted octanol–water partition coefficient (Wildman–Crippen LogP) is -0.0157. The monoisotopic (exact) mass is 203 g/mol. The molecule has 0 bridgehead atoms. The van der Waals surface area contributed by atoms with Gasteiger partial charge in [-0.1, -0.05) is 20.8 Å². The number of hydrogen-bond donors (Lipinski definition) is 3. The Morgan fingerprint density at radius 1 is 1.36 bits per heavy atom. The van der Waals surface area contributed by atoms with Gasteiger partial charge < -0.3 is 15.5 Å². The van der Waals surface area contributed by atoms with Crippen molar-refractivity contribution in [3.05, 3.63) is 0 Å². The summed E-state index contributed by atoms with van der Waals surface area (Å²) in [5.41, 5.74) is -0.622. The number of carbonyl (C=O) groups is 2. The van der Waals surface area contributed by atoms with Gasteiger partial charge >= 0.3 is 5.97 Å². The van der Waals surface area contributed by atoms with Crippen molar-refractivity contribution in [3.63, 3.8) is 0 Å². The van der Waals surface area contributed by atoms with Gasteiger partial charge in [0.05, 0.1) is 0 Å². The van der Waals surface area contributed by atoms with Gasteiger partial charge in [-0.2, -0.15) is 0 Å². The molecular weight excluding hydrogens is 186 g/mol. The van der Waals surface area contributed by atoms with E-state index < -0.39 is 17.4 Å². The maximum absolute atomic E-state index is 11.4. The number of rotatable bonds is 4. The van der Waals surface area contributed by atoms with Crippen LogP contribution in [0.15, 0.2) is 0 Å². The van der Waals surface area contributed by atoms with E-state index in [0.717, 1.165) is 0 Å². The van der Waals surface area contributed by atoms with Crippen LogP contribution < -0.4 is 5.32 Å². The van der Waals surface area contributed by atoms with Crippen LogP contribution in [-0.4, -0.2) is 34.7 Å². The third-order valence-corrected chi connectivity index (χ3v) is 1.70. The molecule has 0 saturated heterocycles. The number of nitrogens with one attached hydrogen (secondary N) is 1.